The van der Waals surface area contributed by atoms with Crippen LogP contribution in [-0.4, -0.2) is 5.78 Å². The van der Waals surface area contributed by atoms with Crippen LogP contribution in [0.2, 0.25) is 0 Å². The maximum Gasteiger partial charge on any atom is 0.139 e. The fourth-order valence-electron chi connectivity index (χ4n) is 7.07. The minimum absolute atomic E-state index is 0.0685. The number of rotatable bonds is 0. The van der Waals surface area contributed by atoms with Gasteiger partial charge < -0.3 is 0 Å². The zero-order valence-corrected chi connectivity index (χ0v) is 13.3. The molecule has 4 saturated carbocycles. The molecule has 0 N–H and O–H groups in total. The van der Waals surface area contributed by atoms with E-state index in [4.69, 9.17) is 0 Å². The highest BCUT2D eigenvalue weighted by Crippen LogP contribution is 2.65. The van der Waals surface area contributed by atoms with Gasteiger partial charge in [-0.05, 0) is 74.0 Å². The van der Waals surface area contributed by atoms with E-state index < -0.39 is 0 Å². The summed E-state index contributed by atoms with van der Waals surface area (Å²) in [6, 6.07) is 0. The zero-order valence-electron chi connectivity index (χ0n) is 13.3. The molecule has 0 heterocycles. The molecule has 0 amide bonds. The molecule has 4 aliphatic rings. The van der Waals surface area contributed by atoms with Gasteiger partial charge >= 0.3 is 0 Å². The third-order valence-corrected chi connectivity index (χ3v) is 8.29. The molecule has 0 radical (unpaired) electrons. The lowest BCUT2D eigenvalue weighted by Gasteiger charge is -2.59. The van der Waals surface area contributed by atoms with E-state index in [1.54, 1.807) is 0 Å². The van der Waals surface area contributed by atoms with Crippen LogP contribution >= 0.6 is 0 Å². The molecule has 0 aromatic carbocycles. The fourth-order valence-corrected chi connectivity index (χ4v) is 7.07. The first-order chi connectivity index (χ1) is 9.56. The molecule has 2 unspecified atom stereocenters. The van der Waals surface area contributed by atoms with E-state index in [2.05, 4.69) is 13.8 Å². The predicted molar refractivity (Wildman–Crippen MR) is 81.4 cm³/mol. The first-order valence-electron chi connectivity index (χ1n) is 9.09. The molecular weight excluding hydrogens is 244 g/mol. The molecule has 0 aliphatic heterocycles. The molecule has 0 spiro atoms. The third-order valence-electron chi connectivity index (χ3n) is 8.29. The lowest BCUT2D eigenvalue weighted by molar-refractivity contribution is -0.138. The SMILES string of the molecule is C[C@]12CCC3[C@@H](CC[C@H]4CCCC[C@]34C)C1CCC2=O. The van der Waals surface area contributed by atoms with Gasteiger partial charge in [0, 0.05) is 11.8 Å². The van der Waals surface area contributed by atoms with Crippen molar-refractivity contribution in [2.75, 3.05) is 0 Å². The van der Waals surface area contributed by atoms with Crippen molar-refractivity contribution in [2.45, 2.75) is 78.1 Å². The first kappa shape index (κ1) is 13.3. The van der Waals surface area contributed by atoms with Crippen molar-refractivity contribution < 1.29 is 4.79 Å². The number of fused-ring (bicyclic) bond motifs is 5. The van der Waals surface area contributed by atoms with E-state index in [1.807, 2.05) is 0 Å². The molecule has 4 rings (SSSR count). The van der Waals surface area contributed by atoms with Crippen LogP contribution < -0.4 is 0 Å². The van der Waals surface area contributed by atoms with Crippen LogP contribution in [0.4, 0.5) is 0 Å². The van der Waals surface area contributed by atoms with Crippen molar-refractivity contribution in [1.29, 1.82) is 0 Å². The van der Waals surface area contributed by atoms with Gasteiger partial charge in [-0.2, -0.15) is 0 Å². The molecule has 6 atom stereocenters. The molecule has 1 heteroatoms. The molecule has 1 nitrogen and oxygen atoms in total. The van der Waals surface area contributed by atoms with Crippen LogP contribution in [-0.2, 0) is 4.79 Å². The molecule has 4 fully saturated rings. The van der Waals surface area contributed by atoms with Crippen LogP contribution in [0.3, 0.4) is 0 Å². The molecular formula is C19H30O. The Hall–Kier alpha value is -0.330. The summed E-state index contributed by atoms with van der Waals surface area (Å²) in [6.45, 7) is 4.92. The van der Waals surface area contributed by atoms with Gasteiger partial charge in [0.05, 0.1) is 0 Å². The van der Waals surface area contributed by atoms with Crippen molar-refractivity contribution in [2.24, 2.45) is 34.5 Å². The number of ketones is 1. The highest BCUT2D eigenvalue weighted by Gasteiger charge is 2.59. The lowest BCUT2D eigenvalue weighted by Crippen LogP contribution is -2.52. The topological polar surface area (TPSA) is 17.1 Å². The molecule has 0 aromatic heterocycles. The second kappa shape index (κ2) is 4.34. The Balaban J connectivity index is 1.66. The van der Waals surface area contributed by atoms with E-state index in [0.29, 0.717) is 11.2 Å². The monoisotopic (exact) mass is 274 g/mol. The molecule has 0 bridgehead atoms. The quantitative estimate of drug-likeness (QED) is 0.608. The van der Waals surface area contributed by atoms with Gasteiger partial charge in [0.2, 0.25) is 0 Å². The normalized spacial score (nSPS) is 55.0. The Morgan fingerprint density at radius 1 is 0.900 bits per heavy atom. The standard InChI is InChI=1S/C19H30O/c1-18-11-4-3-5-13(18)6-7-14-15-8-9-17(20)19(15,2)12-10-16(14)18/h13-16H,3-12H2,1-2H3/t13-,14+,15?,16?,18+,19+/m1/s1. The van der Waals surface area contributed by atoms with Gasteiger partial charge in [0.25, 0.3) is 0 Å². The second-order valence-corrected chi connectivity index (χ2v) is 8.82. The summed E-state index contributed by atoms with van der Waals surface area (Å²) in [5.74, 6) is 4.13. The van der Waals surface area contributed by atoms with Crippen LogP contribution in [0.15, 0.2) is 0 Å². The van der Waals surface area contributed by atoms with E-state index >= 15 is 0 Å². The van der Waals surface area contributed by atoms with Gasteiger partial charge in [0.15, 0.2) is 0 Å². The summed E-state index contributed by atoms with van der Waals surface area (Å²) in [7, 11) is 0. The number of hydrogen-bond acceptors (Lipinski definition) is 1. The number of Topliss-reactive ketones (excluding diaryl/α,β-unsaturated/α-hetero) is 1. The van der Waals surface area contributed by atoms with Crippen LogP contribution in [0.5, 0.6) is 0 Å². The third kappa shape index (κ3) is 1.58. The Labute approximate surface area is 123 Å². The Kier molecular flexibility index (Phi) is 2.89. The Bertz CT molecular complexity index is 427. The number of carbonyl (C=O) groups excluding carboxylic acids is 1. The van der Waals surface area contributed by atoms with Crippen molar-refractivity contribution in [3.05, 3.63) is 0 Å². The number of carbonyl (C=O) groups is 1. The highest BCUT2D eigenvalue weighted by molar-refractivity contribution is 5.87. The second-order valence-electron chi connectivity index (χ2n) is 8.82. The molecule has 112 valence electrons. The summed E-state index contributed by atoms with van der Waals surface area (Å²) in [6.07, 6.45) is 13.4. The van der Waals surface area contributed by atoms with E-state index in [1.165, 1.54) is 57.8 Å². The summed E-state index contributed by atoms with van der Waals surface area (Å²) in [4.78, 5) is 12.4. The molecule has 0 saturated heterocycles. The van der Waals surface area contributed by atoms with E-state index in [0.717, 1.165) is 30.1 Å². The van der Waals surface area contributed by atoms with Gasteiger partial charge in [-0.25, -0.2) is 0 Å². The van der Waals surface area contributed by atoms with Crippen molar-refractivity contribution in [3.8, 4) is 0 Å². The maximum atomic E-state index is 12.4. The van der Waals surface area contributed by atoms with Crippen LogP contribution in [0.1, 0.15) is 78.1 Å². The maximum absolute atomic E-state index is 12.4. The average molecular weight is 274 g/mol. The average Bonchev–Trinajstić information content (AvgIpc) is 2.74. The van der Waals surface area contributed by atoms with Crippen LogP contribution in [0, 0.1) is 34.5 Å². The van der Waals surface area contributed by atoms with Gasteiger partial charge in [0.1, 0.15) is 5.78 Å². The smallest absolute Gasteiger partial charge is 0.139 e. The van der Waals surface area contributed by atoms with Gasteiger partial charge in [-0.3, -0.25) is 4.79 Å². The largest absolute Gasteiger partial charge is 0.299 e. The van der Waals surface area contributed by atoms with Gasteiger partial charge in [-0.1, -0.05) is 26.7 Å². The van der Waals surface area contributed by atoms with E-state index in [-0.39, 0.29) is 5.41 Å². The summed E-state index contributed by atoms with van der Waals surface area (Å²) >= 11 is 0. The van der Waals surface area contributed by atoms with E-state index in [9.17, 15) is 4.79 Å². The number of hydrogen-bond donors (Lipinski definition) is 0. The molecule has 4 aliphatic carbocycles. The highest BCUT2D eigenvalue weighted by atomic mass is 16.1. The predicted octanol–water partition coefficient (Wildman–Crippen LogP) is 4.99. The minimum atomic E-state index is 0.0685. The first-order valence-corrected chi connectivity index (χ1v) is 9.09. The fraction of sp³-hybridized carbons (Fsp3) is 0.947. The summed E-state index contributed by atoms with van der Waals surface area (Å²) < 4.78 is 0. The van der Waals surface area contributed by atoms with Crippen molar-refractivity contribution in [1.82, 2.24) is 0 Å². The Morgan fingerprint density at radius 3 is 2.60 bits per heavy atom. The summed E-state index contributed by atoms with van der Waals surface area (Å²) in [5, 5.41) is 0. The summed E-state index contributed by atoms with van der Waals surface area (Å²) in [5.41, 5.74) is 0.688. The molecule has 20 heavy (non-hydrogen) atoms. The van der Waals surface area contributed by atoms with Crippen molar-refractivity contribution in [3.63, 3.8) is 0 Å². The lowest BCUT2D eigenvalue weighted by atomic mass is 9.45. The van der Waals surface area contributed by atoms with Crippen LogP contribution in [0.25, 0.3) is 0 Å². The van der Waals surface area contributed by atoms with Gasteiger partial charge in [-0.15, -0.1) is 0 Å². The molecule has 0 aromatic rings. The minimum Gasteiger partial charge on any atom is -0.299 e. The Morgan fingerprint density at radius 2 is 1.75 bits per heavy atom. The zero-order chi connectivity index (χ0) is 14.0. The van der Waals surface area contributed by atoms with Crippen molar-refractivity contribution >= 4 is 5.78 Å².